The Bertz CT molecular complexity index is 1140. The number of quaternary nitrogens is 1. The highest BCUT2D eigenvalue weighted by Crippen LogP contribution is 2.13. The maximum absolute atomic E-state index is 12.7. The number of carbonyl (C=O) groups is 3. The van der Waals surface area contributed by atoms with Gasteiger partial charge in [-0.2, -0.15) is 0 Å². The van der Waals surface area contributed by atoms with Crippen LogP contribution in [0, 0.1) is 0 Å². The molecular weight excluding hydrogens is 703 g/mol. The van der Waals surface area contributed by atoms with Crippen LogP contribution in [-0.4, -0.2) is 75.5 Å². The second kappa shape index (κ2) is 38.6. The van der Waals surface area contributed by atoms with Crippen molar-refractivity contribution < 1.29 is 38.2 Å². The van der Waals surface area contributed by atoms with E-state index in [0.29, 0.717) is 6.42 Å². The van der Waals surface area contributed by atoms with Gasteiger partial charge in [-0.1, -0.05) is 151 Å². The fraction of sp³-hybridized carbons (Fsp3) is 0.688. The van der Waals surface area contributed by atoms with Crippen LogP contribution in [0.1, 0.15) is 162 Å². The van der Waals surface area contributed by atoms with Crippen molar-refractivity contribution in [3.63, 3.8) is 0 Å². The Morgan fingerprint density at radius 1 is 0.554 bits per heavy atom. The molecule has 2 atom stereocenters. The summed E-state index contributed by atoms with van der Waals surface area (Å²) in [4.78, 5) is 36.7. The topological polar surface area (TPSA) is 102 Å². The van der Waals surface area contributed by atoms with Crippen molar-refractivity contribution in [1.82, 2.24) is 0 Å². The van der Waals surface area contributed by atoms with Gasteiger partial charge in [-0.15, -0.1) is 0 Å². The Kier molecular flexibility index (Phi) is 36.4. The summed E-state index contributed by atoms with van der Waals surface area (Å²) in [6, 6.07) is -0.732. The number of carboxylic acids is 1. The van der Waals surface area contributed by atoms with E-state index in [1.165, 1.54) is 38.5 Å². The highest BCUT2D eigenvalue weighted by Gasteiger charge is 2.25. The summed E-state index contributed by atoms with van der Waals surface area (Å²) in [5.74, 6) is -1.78. The number of rotatable bonds is 38. The maximum Gasteiger partial charge on any atom is 0.306 e. The standard InChI is InChI=1S/C48H81NO7/c1-6-8-10-12-14-16-17-18-19-20-21-22-23-24-25-26-27-28-29-31-33-35-37-39-47(51)56-44(42-54-41-40-45(48(52)53)49(3,4)5)43-55-46(50)38-36-34-32-30-15-13-11-9-7-2/h8,10,14,16,18-19,21-22,24-25,27-28,44-45H,6-7,9,11-13,15,17,20,23,26,29-43H2,1-5H3/b10-8+,16-14+,19-18+,22-21+,25-24+,28-27+. The molecule has 0 bridgehead atoms. The third-order valence-electron chi connectivity index (χ3n) is 9.36. The number of esters is 2. The van der Waals surface area contributed by atoms with E-state index in [1.807, 2.05) is 0 Å². The summed E-state index contributed by atoms with van der Waals surface area (Å²) in [5.41, 5.74) is 0. The molecule has 0 fully saturated rings. The summed E-state index contributed by atoms with van der Waals surface area (Å²) >= 11 is 0. The van der Waals surface area contributed by atoms with E-state index in [4.69, 9.17) is 14.2 Å². The normalized spacial score (nSPS) is 13.7. The van der Waals surface area contributed by atoms with Crippen molar-refractivity contribution in [2.45, 2.75) is 174 Å². The zero-order valence-electron chi connectivity index (χ0n) is 36.3. The second-order valence-electron chi connectivity index (χ2n) is 15.6. The summed E-state index contributed by atoms with van der Waals surface area (Å²) < 4.78 is 17.1. The minimum absolute atomic E-state index is 0.0277. The highest BCUT2D eigenvalue weighted by atomic mass is 16.6. The van der Waals surface area contributed by atoms with Crippen molar-refractivity contribution in [2.24, 2.45) is 0 Å². The molecule has 2 unspecified atom stereocenters. The van der Waals surface area contributed by atoms with Crippen LogP contribution in [0.25, 0.3) is 0 Å². The monoisotopic (exact) mass is 784 g/mol. The Morgan fingerprint density at radius 2 is 1.00 bits per heavy atom. The molecule has 0 heterocycles. The first-order chi connectivity index (χ1) is 27.1. The van der Waals surface area contributed by atoms with Crippen LogP contribution < -0.4 is 5.11 Å². The van der Waals surface area contributed by atoms with Gasteiger partial charge in [0.1, 0.15) is 12.6 Å². The van der Waals surface area contributed by atoms with E-state index in [1.54, 1.807) is 21.1 Å². The zero-order valence-corrected chi connectivity index (χ0v) is 36.3. The Hall–Kier alpha value is -3.23. The molecule has 0 aliphatic heterocycles. The number of ether oxygens (including phenoxy) is 3. The van der Waals surface area contributed by atoms with Crippen LogP contribution in [0.3, 0.4) is 0 Å². The zero-order chi connectivity index (χ0) is 41.4. The number of carboxylic acid groups (broad SMARTS) is 1. The molecule has 320 valence electrons. The number of nitrogens with zero attached hydrogens (tertiary/aromatic N) is 1. The smallest absolute Gasteiger partial charge is 0.306 e. The predicted octanol–water partition coefficient (Wildman–Crippen LogP) is 10.6. The molecule has 0 amide bonds. The molecule has 0 aromatic rings. The van der Waals surface area contributed by atoms with E-state index < -0.39 is 18.1 Å². The third-order valence-corrected chi connectivity index (χ3v) is 9.36. The molecule has 0 saturated carbocycles. The van der Waals surface area contributed by atoms with Gasteiger partial charge in [0.15, 0.2) is 6.10 Å². The average Bonchev–Trinajstić information content (AvgIpc) is 3.15. The molecule has 8 heteroatoms. The highest BCUT2D eigenvalue weighted by molar-refractivity contribution is 5.70. The molecule has 0 aromatic carbocycles. The van der Waals surface area contributed by atoms with E-state index in [2.05, 4.69) is 86.8 Å². The van der Waals surface area contributed by atoms with Crippen LogP contribution in [0.2, 0.25) is 0 Å². The van der Waals surface area contributed by atoms with Crippen LogP contribution in [0.4, 0.5) is 0 Å². The molecule has 0 spiro atoms. The minimum atomic E-state index is -1.13. The number of carbonyl (C=O) groups excluding carboxylic acids is 3. The van der Waals surface area contributed by atoms with E-state index >= 15 is 0 Å². The van der Waals surface area contributed by atoms with Crippen molar-refractivity contribution in [1.29, 1.82) is 0 Å². The van der Waals surface area contributed by atoms with Gasteiger partial charge < -0.3 is 28.6 Å². The van der Waals surface area contributed by atoms with Gasteiger partial charge in [0.05, 0.1) is 40.3 Å². The van der Waals surface area contributed by atoms with E-state index in [0.717, 1.165) is 89.9 Å². The first-order valence-corrected chi connectivity index (χ1v) is 22.0. The third kappa shape index (κ3) is 36.4. The molecule has 0 N–H and O–H groups in total. The SMILES string of the molecule is CC/C=C/C/C=C/C/C=C/C/C=C/C/C=C/C/C=C/CCCCCCC(=O)OC(COCCC(C(=O)[O-])[N+](C)(C)C)COC(=O)CCCCCCCCCCC. The van der Waals surface area contributed by atoms with Crippen molar-refractivity contribution in [2.75, 3.05) is 41.0 Å². The van der Waals surface area contributed by atoms with E-state index in [9.17, 15) is 19.5 Å². The molecule has 0 rings (SSSR count). The van der Waals surface area contributed by atoms with Gasteiger partial charge in [0.2, 0.25) is 0 Å². The molecule has 56 heavy (non-hydrogen) atoms. The lowest BCUT2D eigenvalue weighted by atomic mass is 10.1. The number of hydrogen-bond donors (Lipinski definition) is 0. The average molecular weight is 784 g/mol. The molecule has 0 aromatic heterocycles. The number of unbranched alkanes of at least 4 members (excludes halogenated alkanes) is 12. The molecule has 8 nitrogen and oxygen atoms in total. The van der Waals surface area contributed by atoms with Crippen LogP contribution >= 0.6 is 0 Å². The Labute approximate surface area is 342 Å². The second-order valence-corrected chi connectivity index (χ2v) is 15.6. The lowest BCUT2D eigenvalue weighted by Gasteiger charge is -2.34. The van der Waals surface area contributed by atoms with Crippen molar-refractivity contribution >= 4 is 17.9 Å². The summed E-state index contributed by atoms with van der Waals surface area (Å²) in [6.45, 7) is 4.48. The van der Waals surface area contributed by atoms with Gasteiger partial charge in [-0.05, 0) is 64.2 Å². The summed E-state index contributed by atoms with van der Waals surface area (Å²) in [5, 5.41) is 11.6. The molecule has 0 radical (unpaired) electrons. The lowest BCUT2D eigenvalue weighted by Crippen LogP contribution is -2.55. The van der Waals surface area contributed by atoms with Gasteiger partial charge in [-0.25, -0.2) is 0 Å². The molecule has 0 aliphatic carbocycles. The van der Waals surface area contributed by atoms with Gasteiger partial charge in [0.25, 0.3) is 0 Å². The Morgan fingerprint density at radius 3 is 1.48 bits per heavy atom. The number of likely N-dealkylation sites (N-methyl/N-ethyl adjacent to an activating group) is 1. The summed E-state index contributed by atoms with van der Waals surface area (Å²) in [7, 11) is 5.39. The largest absolute Gasteiger partial charge is 0.544 e. The molecule has 0 aliphatic rings. The fourth-order valence-electron chi connectivity index (χ4n) is 5.95. The minimum Gasteiger partial charge on any atom is -0.544 e. The maximum atomic E-state index is 12.7. The van der Waals surface area contributed by atoms with E-state index in [-0.39, 0.29) is 49.1 Å². The van der Waals surface area contributed by atoms with Gasteiger partial charge >= 0.3 is 11.9 Å². The number of aliphatic carboxylic acids is 1. The molecule has 0 saturated heterocycles. The number of hydrogen-bond acceptors (Lipinski definition) is 7. The fourth-order valence-corrected chi connectivity index (χ4v) is 5.95. The Balaban J connectivity index is 4.35. The van der Waals surface area contributed by atoms with Crippen molar-refractivity contribution in [3.05, 3.63) is 72.9 Å². The van der Waals surface area contributed by atoms with Crippen LogP contribution in [-0.2, 0) is 28.6 Å². The lowest BCUT2D eigenvalue weighted by molar-refractivity contribution is -0.889. The van der Waals surface area contributed by atoms with Crippen LogP contribution in [0.15, 0.2) is 72.9 Å². The predicted molar refractivity (Wildman–Crippen MR) is 231 cm³/mol. The first kappa shape index (κ1) is 52.8. The van der Waals surface area contributed by atoms with Crippen molar-refractivity contribution in [3.8, 4) is 0 Å². The van der Waals surface area contributed by atoms with Gasteiger partial charge in [-0.3, -0.25) is 9.59 Å². The van der Waals surface area contributed by atoms with Gasteiger partial charge in [0, 0.05) is 19.3 Å². The van der Waals surface area contributed by atoms with Crippen LogP contribution in [0.5, 0.6) is 0 Å². The molecular formula is C48H81NO7. The quantitative estimate of drug-likeness (QED) is 0.0266. The first-order valence-electron chi connectivity index (χ1n) is 22.0. The number of allylic oxidation sites excluding steroid dienone is 12. The summed E-state index contributed by atoms with van der Waals surface area (Å²) in [6.07, 6.45) is 47.9.